The van der Waals surface area contributed by atoms with Crippen LogP contribution in [0.4, 0.5) is 0 Å². The normalized spacial score (nSPS) is 21.5. The molecule has 0 bridgehead atoms. The summed E-state index contributed by atoms with van der Waals surface area (Å²) in [5, 5.41) is 2.95. The number of nitrogens with one attached hydrogen (secondary N) is 2. The lowest BCUT2D eigenvalue weighted by atomic mass is 10.2. The number of sulfonamides is 1. The van der Waals surface area contributed by atoms with Crippen LogP contribution in [0.25, 0.3) is 0 Å². The highest BCUT2D eigenvalue weighted by Gasteiger charge is 2.32. The Morgan fingerprint density at radius 3 is 2.87 bits per heavy atom. The quantitative estimate of drug-likeness (QED) is 0.802. The van der Waals surface area contributed by atoms with Crippen LogP contribution in [0, 0.1) is 0 Å². The summed E-state index contributed by atoms with van der Waals surface area (Å²) in [6, 6.07) is 6.36. The zero-order chi connectivity index (χ0) is 16.4. The fourth-order valence-electron chi connectivity index (χ4n) is 2.39. The molecule has 0 spiro atoms. The average molecular weight is 353 g/mol. The second-order valence-corrected chi connectivity index (χ2v) is 8.30. The molecule has 1 aromatic carbocycles. The van der Waals surface area contributed by atoms with E-state index in [9.17, 15) is 13.2 Å². The molecule has 1 aliphatic carbocycles. The van der Waals surface area contributed by atoms with Gasteiger partial charge >= 0.3 is 0 Å². The molecule has 23 heavy (non-hydrogen) atoms. The number of fused-ring (bicyclic) bond motifs is 1. The van der Waals surface area contributed by atoms with E-state index >= 15 is 0 Å². The maximum atomic E-state index is 12.4. The van der Waals surface area contributed by atoms with Crippen molar-refractivity contribution in [3.8, 4) is 0 Å². The summed E-state index contributed by atoms with van der Waals surface area (Å²) in [6.45, 7) is 0. The van der Waals surface area contributed by atoms with Gasteiger partial charge in [-0.15, -0.1) is 0 Å². The van der Waals surface area contributed by atoms with Gasteiger partial charge in [-0.25, -0.2) is 8.42 Å². The molecule has 1 atom stereocenters. The van der Waals surface area contributed by atoms with Gasteiger partial charge in [-0.1, -0.05) is 12.1 Å². The third-order valence-electron chi connectivity index (χ3n) is 3.77. The third kappa shape index (κ3) is 3.69. The van der Waals surface area contributed by atoms with E-state index in [0.717, 1.165) is 18.6 Å². The van der Waals surface area contributed by atoms with E-state index < -0.39 is 16.1 Å². The molecule has 1 aromatic rings. The first kappa shape index (κ1) is 16.3. The van der Waals surface area contributed by atoms with E-state index in [4.69, 9.17) is 0 Å². The maximum Gasteiger partial charge on any atom is 0.263 e. The van der Waals surface area contributed by atoms with Crippen LogP contribution >= 0.6 is 11.8 Å². The fraction of sp³-hybridized carbons (Fsp3) is 0.467. The van der Waals surface area contributed by atoms with E-state index in [1.165, 1.54) is 0 Å². The van der Waals surface area contributed by atoms with Crippen molar-refractivity contribution in [1.29, 1.82) is 0 Å². The van der Waals surface area contributed by atoms with Crippen molar-refractivity contribution in [2.24, 2.45) is 4.99 Å². The maximum absolute atomic E-state index is 12.4. The Morgan fingerprint density at radius 2 is 2.17 bits per heavy atom. The summed E-state index contributed by atoms with van der Waals surface area (Å²) in [5.41, 5.74) is 0.529. The molecular weight excluding hydrogens is 334 g/mol. The number of rotatable bonds is 6. The highest BCUT2D eigenvalue weighted by atomic mass is 32.2. The van der Waals surface area contributed by atoms with Gasteiger partial charge in [-0.05, 0) is 43.4 Å². The number of amidine groups is 1. The minimum atomic E-state index is -3.58. The molecule has 0 radical (unpaired) electrons. The highest BCUT2D eigenvalue weighted by Crippen LogP contribution is 2.24. The van der Waals surface area contributed by atoms with E-state index in [2.05, 4.69) is 15.0 Å². The second kappa shape index (κ2) is 6.52. The first-order chi connectivity index (χ1) is 11.0. The SMILES string of the molecule is CSCC[C@@H](N=C1NS(=O)(=O)c2ccccc21)C(=O)NC1CC1. The monoisotopic (exact) mass is 353 g/mol. The van der Waals surface area contributed by atoms with Crippen LogP contribution in [0.3, 0.4) is 0 Å². The number of thioether (sulfide) groups is 1. The highest BCUT2D eigenvalue weighted by molar-refractivity contribution is 7.98. The number of amides is 1. The van der Waals surface area contributed by atoms with E-state index in [-0.39, 0.29) is 22.7 Å². The Balaban J connectivity index is 1.88. The number of aliphatic imine (C=N–C) groups is 1. The molecule has 8 heteroatoms. The van der Waals surface area contributed by atoms with Crippen LogP contribution in [0.1, 0.15) is 24.8 Å². The Bertz CT molecular complexity index is 742. The summed E-state index contributed by atoms with van der Waals surface area (Å²) < 4.78 is 26.7. The Morgan fingerprint density at radius 1 is 1.43 bits per heavy atom. The smallest absolute Gasteiger partial charge is 0.263 e. The minimum Gasteiger partial charge on any atom is -0.352 e. The molecule has 0 aromatic heterocycles. The molecule has 0 unspecified atom stereocenters. The average Bonchev–Trinajstić information content (AvgIpc) is 3.29. The fourth-order valence-corrected chi connectivity index (χ4v) is 4.09. The molecule has 6 nitrogen and oxygen atoms in total. The van der Waals surface area contributed by atoms with Crippen LogP contribution in [-0.4, -0.2) is 44.3 Å². The number of carbonyl (C=O) groups is 1. The Labute approximate surface area is 140 Å². The zero-order valence-corrected chi connectivity index (χ0v) is 14.4. The molecular formula is C15H19N3O3S2. The summed E-state index contributed by atoms with van der Waals surface area (Å²) in [4.78, 5) is 17.0. The van der Waals surface area contributed by atoms with Gasteiger partial charge in [0.15, 0.2) is 0 Å². The van der Waals surface area contributed by atoms with Gasteiger partial charge in [0.25, 0.3) is 10.0 Å². The van der Waals surface area contributed by atoms with Crippen LogP contribution in [0.15, 0.2) is 34.2 Å². The molecule has 3 rings (SSSR count). The van der Waals surface area contributed by atoms with Crippen LogP contribution in [-0.2, 0) is 14.8 Å². The zero-order valence-electron chi connectivity index (χ0n) is 12.8. The first-order valence-corrected chi connectivity index (χ1v) is 10.4. The molecule has 124 valence electrons. The summed E-state index contributed by atoms with van der Waals surface area (Å²) >= 11 is 1.64. The van der Waals surface area contributed by atoms with Crippen LogP contribution < -0.4 is 10.0 Å². The van der Waals surface area contributed by atoms with Crippen molar-refractivity contribution < 1.29 is 13.2 Å². The van der Waals surface area contributed by atoms with Crippen molar-refractivity contribution in [1.82, 2.24) is 10.0 Å². The summed E-state index contributed by atoms with van der Waals surface area (Å²) in [5.74, 6) is 0.920. The Hall–Kier alpha value is -1.54. The molecule has 1 saturated carbocycles. The molecule has 2 N–H and O–H groups in total. The van der Waals surface area contributed by atoms with Crippen LogP contribution in [0.2, 0.25) is 0 Å². The van der Waals surface area contributed by atoms with Gasteiger partial charge in [-0.3, -0.25) is 14.5 Å². The summed E-state index contributed by atoms with van der Waals surface area (Å²) in [6.07, 6.45) is 4.56. The van der Waals surface area contributed by atoms with Crippen molar-refractivity contribution in [2.45, 2.75) is 36.2 Å². The van der Waals surface area contributed by atoms with Gasteiger partial charge in [0.2, 0.25) is 5.91 Å². The largest absolute Gasteiger partial charge is 0.352 e. The lowest BCUT2D eigenvalue weighted by molar-refractivity contribution is -0.122. The van der Waals surface area contributed by atoms with E-state index in [1.807, 2.05) is 6.26 Å². The number of hydrogen-bond donors (Lipinski definition) is 2. The Kier molecular flexibility index (Phi) is 4.63. The number of benzene rings is 1. The van der Waals surface area contributed by atoms with Crippen LogP contribution in [0.5, 0.6) is 0 Å². The third-order valence-corrected chi connectivity index (χ3v) is 5.81. The lowest BCUT2D eigenvalue weighted by Crippen LogP contribution is -2.37. The van der Waals surface area contributed by atoms with Crippen molar-refractivity contribution in [2.75, 3.05) is 12.0 Å². The van der Waals surface area contributed by atoms with Gasteiger partial charge in [-0.2, -0.15) is 11.8 Å². The van der Waals surface area contributed by atoms with Gasteiger partial charge < -0.3 is 5.32 Å². The first-order valence-electron chi connectivity index (χ1n) is 7.50. The van der Waals surface area contributed by atoms with Gasteiger partial charge in [0.1, 0.15) is 11.9 Å². The minimum absolute atomic E-state index is 0.127. The molecule has 1 fully saturated rings. The van der Waals surface area contributed by atoms with Gasteiger partial charge in [0.05, 0.1) is 4.90 Å². The van der Waals surface area contributed by atoms with E-state index in [0.29, 0.717) is 12.0 Å². The van der Waals surface area contributed by atoms with Crippen molar-refractivity contribution in [3.05, 3.63) is 29.8 Å². The predicted molar refractivity (Wildman–Crippen MR) is 91.3 cm³/mol. The van der Waals surface area contributed by atoms with Crippen molar-refractivity contribution >= 4 is 33.5 Å². The van der Waals surface area contributed by atoms with E-state index in [1.54, 1.807) is 36.0 Å². The molecule has 1 aliphatic heterocycles. The lowest BCUT2D eigenvalue weighted by Gasteiger charge is -2.13. The topological polar surface area (TPSA) is 87.6 Å². The molecule has 1 heterocycles. The predicted octanol–water partition coefficient (Wildman–Crippen LogP) is 1.13. The number of carbonyl (C=O) groups excluding carboxylic acids is 1. The second-order valence-electron chi connectivity index (χ2n) is 5.66. The molecule has 2 aliphatic rings. The molecule has 0 saturated heterocycles. The van der Waals surface area contributed by atoms with Gasteiger partial charge in [0, 0.05) is 11.6 Å². The number of hydrogen-bond acceptors (Lipinski definition) is 5. The summed E-state index contributed by atoms with van der Waals surface area (Å²) in [7, 11) is -3.58. The van der Waals surface area contributed by atoms with Crippen molar-refractivity contribution in [3.63, 3.8) is 0 Å². The number of nitrogens with zero attached hydrogens (tertiary/aromatic N) is 1. The molecule has 1 amide bonds. The standard InChI is InChI=1S/C15H19N3O3S2/c1-22-9-8-12(15(19)16-10-6-7-10)17-14-11-4-2-3-5-13(11)23(20,21)18-14/h2-5,10,12H,6-9H2,1H3,(H,16,19)(H,17,18)/t12-/m1/s1.